The summed E-state index contributed by atoms with van der Waals surface area (Å²) in [6.07, 6.45) is 3.44. The van der Waals surface area contributed by atoms with Gasteiger partial charge in [0.05, 0.1) is 5.52 Å². The summed E-state index contributed by atoms with van der Waals surface area (Å²) in [5.41, 5.74) is 7.16. The Morgan fingerprint density at radius 2 is 2.06 bits per heavy atom. The largest absolute Gasteiger partial charge is 0.374 e. The van der Waals surface area contributed by atoms with Gasteiger partial charge in [-0.05, 0) is 18.2 Å². The zero-order chi connectivity index (χ0) is 11.0. The van der Waals surface area contributed by atoms with E-state index in [1.807, 2.05) is 18.2 Å². The average molecular weight is 229 g/mol. The molecule has 0 unspecified atom stereocenters. The lowest BCUT2D eigenvalue weighted by atomic mass is 10.2. The van der Waals surface area contributed by atoms with Crippen molar-refractivity contribution >= 4 is 27.6 Å². The highest BCUT2D eigenvalue weighted by Crippen LogP contribution is 2.24. The maximum Gasteiger partial charge on any atom is 0.200 e. The Kier molecular flexibility index (Phi) is 2.00. The molecule has 6 heteroatoms. The Labute approximate surface area is 95.2 Å². The second kappa shape index (κ2) is 3.49. The number of nitrogen functional groups attached to an aromatic ring is 1. The summed E-state index contributed by atoms with van der Waals surface area (Å²) in [5.74, 6) is 0.557. The second-order valence-electron chi connectivity index (χ2n) is 3.19. The Morgan fingerprint density at radius 1 is 1.12 bits per heavy atom. The second-order valence-corrected chi connectivity index (χ2v) is 3.97. The first-order valence-electron chi connectivity index (χ1n) is 4.64. The molecule has 0 atom stereocenters. The van der Waals surface area contributed by atoms with E-state index in [4.69, 9.17) is 5.73 Å². The number of fused-ring (bicyclic) bond motifs is 1. The van der Waals surface area contributed by atoms with Gasteiger partial charge in [0.15, 0.2) is 11.0 Å². The molecule has 2 N–H and O–H groups in total. The Balaban J connectivity index is 2.31. The van der Waals surface area contributed by atoms with Crippen LogP contribution in [0.25, 0.3) is 22.4 Å². The first-order chi connectivity index (χ1) is 7.84. The Hall–Kier alpha value is -2.08. The minimum absolute atomic E-state index is 0.442. The van der Waals surface area contributed by atoms with E-state index in [9.17, 15) is 0 Å². The lowest BCUT2D eigenvalue weighted by Crippen LogP contribution is -1.90. The standard InChI is InChI=1S/C10H7N5S/c11-10-14-9(15-16-10)8-6-2-1-4-12-7(6)3-5-13-8/h1-5H,(H2,11,14,15). The molecule has 3 rings (SSSR count). The van der Waals surface area contributed by atoms with Crippen molar-refractivity contribution < 1.29 is 0 Å². The molecule has 16 heavy (non-hydrogen) atoms. The fourth-order valence-corrected chi connectivity index (χ4v) is 1.95. The number of nitrogens with zero attached hydrogens (tertiary/aromatic N) is 4. The summed E-state index contributed by atoms with van der Waals surface area (Å²) in [7, 11) is 0. The van der Waals surface area contributed by atoms with Gasteiger partial charge in [0.2, 0.25) is 0 Å². The van der Waals surface area contributed by atoms with Crippen LogP contribution in [0, 0.1) is 0 Å². The SMILES string of the molecule is Nc1nc(-c2nccc3ncccc23)ns1. The molecule has 5 nitrogen and oxygen atoms in total. The molecule has 0 fully saturated rings. The molecule has 3 aromatic rings. The number of anilines is 1. The van der Waals surface area contributed by atoms with Crippen LogP contribution < -0.4 is 5.73 Å². The molecule has 0 aliphatic heterocycles. The van der Waals surface area contributed by atoms with Crippen LogP contribution in [0.3, 0.4) is 0 Å². The lowest BCUT2D eigenvalue weighted by Gasteiger charge is -2.00. The number of hydrogen-bond acceptors (Lipinski definition) is 6. The van der Waals surface area contributed by atoms with Crippen molar-refractivity contribution in [2.45, 2.75) is 0 Å². The van der Waals surface area contributed by atoms with Gasteiger partial charge < -0.3 is 5.73 Å². The van der Waals surface area contributed by atoms with E-state index in [2.05, 4.69) is 19.3 Å². The molecule has 78 valence electrons. The van der Waals surface area contributed by atoms with Crippen molar-refractivity contribution in [2.24, 2.45) is 0 Å². The van der Waals surface area contributed by atoms with E-state index in [0.717, 1.165) is 28.1 Å². The smallest absolute Gasteiger partial charge is 0.200 e. The molecule has 0 bridgehead atoms. The first-order valence-corrected chi connectivity index (χ1v) is 5.41. The highest BCUT2D eigenvalue weighted by Gasteiger charge is 2.10. The molecular weight excluding hydrogens is 222 g/mol. The van der Waals surface area contributed by atoms with Gasteiger partial charge in [0, 0.05) is 29.3 Å². The lowest BCUT2D eigenvalue weighted by molar-refractivity contribution is 1.25. The molecule has 0 aliphatic rings. The molecular formula is C10H7N5S. The van der Waals surface area contributed by atoms with Crippen LogP contribution in [0.5, 0.6) is 0 Å². The zero-order valence-corrected chi connectivity index (χ0v) is 8.98. The van der Waals surface area contributed by atoms with Crippen molar-refractivity contribution in [2.75, 3.05) is 5.73 Å². The summed E-state index contributed by atoms with van der Waals surface area (Å²) in [6, 6.07) is 5.67. The van der Waals surface area contributed by atoms with Gasteiger partial charge in [-0.15, -0.1) is 0 Å². The van der Waals surface area contributed by atoms with E-state index in [0.29, 0.717) is 11.0 Å². The minimum Gasteiger partial charge on any atom is -0.374 e. The highest BCUT2D eigenvalue weighted by molar-refractivity contribution is 7.09. The van der Waals surface area contributed by atoms with Crippen molar-refractivity contribution in [3.8, 4) is 11.5 Å². The first kappa shape index (κ1) is 9.17. The monoisotopic (exact) mass is 229 g/mol. The van der Waals surface area contributed by atoms with Crippen molar-refractivity contribution in [3.63, 3.8) is 0 Å². The molecule has 0 saturated heterocycles. The predicted molar refractivity (Wildman–Crippen MR) is 62.9 cm³/mol. The van der Waals surface area contributed by atoms with Crippen LogP contribution in [0.1, 0.15) is 0 Å². The number of pyridine rings is 2. The van der Waals surface area contributed by atoms with Crippen molar-refractivity contribution in [1.29, 1.82) is 0 Å². The van der Waals surface area contributed by atoms with Crippen LogP contribution in [0.15, 0.2) is 30.6 Å². The summed E-state index contributed by atoms with van der Waals surface area (Å²) in [5, 5.41) is 1.38. The Morgan fingerprint density at radius 3 is 2.88 bits per heavy atom. The predicted octanol–water partition coefficient (Wildman–Crippen LogP) is 1.73. The average Bonchev–Trinajstić information content (AvgIpc) is 2.75. The Bertz CT molecular complexity index is 643. The molecule has 0 aliphatic carbocycles. The maximum atomic E-state index is 5.56. The van der Waals surface area contributed by atoms with E-state index in [-0.39, 0.29) is 0 Å². The van der Waals surface area contributed by atoms with E-state index < -0.39 is 0 Å². The number of nitrogens with two attached hydrogens (primary N) is 1. The minimum atomic E-state index is 0.442. The fraction of sp³-hybridized carbons (Fsp3) is 0. The van der Waals surface area contributed by atoms with Crippen molar-refractivity contribution in [3.05, 3.63) is 30.6 Å². The van der Waals surface area contributed by atoms with Gasteiger partial charge in [-0.3, -0.25) is 9.97 Å². The van der Waals surface area contributed by atoms with E-state index >= 15 is 0 Å². The van der Waals surface area contributed by atoms with E-state index in [1.165, 1.54) is 0 Å². The van der Waals surface area contributed by atoms with Gasteiger partial charge in [0.1, 0.15) is 5.69 Å². The normalized spacial score (nSPS) is 10.8. The topological polar surface area (TPSA) is 77.6 Å². The van der Waals surface area contributed by atoms with Gasteiger partial charge >= 0.3 is 0 Å². The summed E-state index contributed by atoms with van der Waals surface area (Å²) >= 11 is 1.16. The van der Waals surface area contributed by atoms with Crippen LogP contribution in [0.2, 0.25) is 0 Å². The van der Waals surface area contributed by atoms with Crippen LogP contribution >= 0.6 is 11.5 Å². The molecule has 0 amide bonds. The summed E-state index contributed by atoms with van der Waals surface area (Å²) < 4.78 is 4.15. The van der Waals surface area contributed by atoms with Gasteiger partial charge in [-0.25, -0.2) is 0 Å². The summed E-state index contributed by atoms with van der Waals surface area (Å²) in [4.78, 5) is 12.7. The zero-order valence-electron chi connectivity index (χ0n) is 8.16. The number of aromatic nitrogens is 4. The molecule has 3 aromatic heterocycles. The van der Waals surface area contributed by atoms with Crippen LogP contribution in [-0.4, -0.2) is 19.3 Å². The molecule has 0 saturated carbocycles. The highest BCUT2D eigenvalue weighted by atomic mass is 32.1. The molecule has 0 radical (unpaired) electrons. The molecule has 3 heterocycles. The third kappa shape index (κ3) is 1.40. The van der Waals surface area contributed by atoms with Crippen molar-refractivity contribution in [1.82, 2.24) is 19.3 Å². The fourth-order valence-electron chi connectivity index (χ4n) is 1.51. The van der Waals surface area contributed by atoms with Gasteiger partial charge in [0.25, 0.3) is 0 Å². The maximum absolute atomic E-state index is 5.56. The van der Waals surface area contributed by atoms with E-state index in [1.54, 1.807) is 12.4 Å². The van der Waals surface area contributed by atoms with Gasteiger partial charge in [-0.2, -0.15) is 9.36 Å². The third-order valence-corrected chi connectivity index (χ3v) is 2.73. The molecule has 0 spiro atoms. The summed E-state index contributed by atoms with van der Waals surface area (Å²) in [6.45, 7) is 0. The number of rotatable bonds is 1. The van der Waals surface area contributed by atoms with Crippen LogP contribution in [-0.2, 0) is 0 Å². The number of hydrogen-bond donors (Lipinski definition) is 1. The van der Waals surface area contributed by atoms with Gasteiger partial charge in [-0.1, -0.05) is 0 Å². The van der Waals surface area contributed by atoms with Crippen LogP contribution in [0.4, 0.5) is 5.13 Å². The third-order valence-electron chi connectivity index (χ3n) is 2.18. The quantitative estimate of drug-likeness (QED) is 0.687. The molecule has 0 aromatic carbocycles.